The molecule has 1 heterocycles. The number of hydrogen-bond acceptors (Lipinski definition) is 3. The number of urea groups is 1. The van der Waals surface area contributed by atoms with Gasteiger partial charge in [-0.3, -0.25) is 14.5 Å². The first-order valence-electron chi connectivity index (χ1n) is 8.21. The maximum atomic E-state index is 13.1. The molecule has 2 N–H and O–H groups in total. The Morgan fingerprint density at radius 3 is 2.41 bits per heavy atom. The summed E-state index contributed by atoms with van der Waals surface area (Å²) in [7, 11) is 0. The molecular formula is C19H17ClFN3O3. The first-order valence-corrected chi connectivity index (χ1v) is 8.59. The summed E-state index contributed by atoms with van der Waals surface area (Å²) < 4.78 is 13.1. The molecule has 3 rings (SSSR count). The highest BCUT2D eigenvalue weighted by Crippen LogP contribution is 2.28. The van der Waals surface area contributed by atoms with E-state index in [1.165, 1.54) is 31.2 Å². The van der Waals surface area contributed by atoms with Crippen molar-refractivity contribution in [2.75, 3.05) is 6.54 Å². The van der Waals surface area contributed by atoms with Crippen LogP contribution in [-0.2, 0) is 21.7 Å². The van der Waals surface area contributed by atoms with E-state index < -0.39 is 35.7 Å². The molecule has 140 valence electrons. The number of rotatable bonds is 5. The molecule has 4 amide bonds. The van der Waals surface area contributed by atoms with E-state index in [1.54, 1.807) is 24.3 Å². The number of benzene rings is 2. The predicted octanol–water partition coefficient (Wildman–Crippen LogP) is 2.56. The lowest BCUT2D eigenvalue weighted by Crippen LogP contribution is -2.43. The monoisotopic (exact) mass is 389 g/mol. The van der Waals surface area contributed by atoms with Crippen LogP contribution in [0.3, 0.4) is 0 Å². The van der Waals surface area contributed by atoms with Crippen LogP contribution in [0.2, 0.25) is 5.02 Å². The average molecular weight is 390 g/mol. The Bertz CT molecular complexity index is 886. The SMILES string of the molecule is CC1(c2ccc(F)cc2)NC(=O)N(CC(=O)NCc2ccc(Cl)cc2)C1=O. The van der Waals surface area contributed by atoms with Crippen molar-refractivity contribution in [1.82, 2.24) is 15.5 Å². The second-order valence-electron chi connectivity index (χ2n) is 6.36. The van der Waals surface area contributed by atoms with Gasteiger partial charge in [0.2, 0.25) is 5.91 Å². The fourth-order valence-electron chi connectivity index (χ4n) is 2.82. The van der Waals surface area contributed by atoms with Crippen LogP contribution in [0.5, 0.6) is 0 Å². The zero-order chi connectivity index (χ0) is 19.6. The van der Waals surface area contributed by atoms with Crippen molar-refractivity contribution >= 4 is 29.4 Å². The van der Waals surface area contributed by atoms with Crippen molar-refractivity contribution in [3.05, 3.63) is 70.5 Å². The quantitative estimate of drug-likeness (QED) is 0.771. The number of imide groups is 1. The third-order valence-corrected chi connectivity index (χ3v) is 4.65. The molecule has 1 saturated heterocycles. The van der Waals surface area contributed by atoms with Crippen LogP contribution in [0, 0.1) is 5.82 Å². The molecule has 6 nitrogen and oxygen atoms in total. The van der Waals surface area contributed by atoms with Gasteiger partial charge in [-0.25, -0.2) is 9.18 Å². The zero-order valence-electron chi connectivity index (χ0n) is 14.5. The van der Waals surface area contributed by atoms with Crippen molar-refractivity contribution in [2.24, 2.45) is 0 Å². The fourth-order valence-corrected chi connectivity index (χ4v) is 2.95. The number of carbonyl (C=O) groups excluding carboxylic acids is 3. The first-order chi connectivity index (χ1) is 12.8. The fraction of sp³-hybridized carbons (Fsp3) is 0.211. The van der Waals surface area contributed by atoms with Crippen molar-refractivity contribution in [3.63, 3.8) is 0 Å². The Morgan fingerprint density at radius 2 is 1.78 bits per heavy atom. The summed E-state index contributed by atoms with van der Waals surface area (Å²) in [5, 5.41) is 5.81. The largest absolute Gasteiger partial charge is 0.350 e. The molecule has 0 aliphatic carbocycles. The van der Waals surface area contributed by atoms with Crippen LogP contribution in [0.1, 0.15) is 18.1 Å². The number of nitrogens with zero attached hydrogens (tertiary/aromatic N) is 1. The highest BCUT2D eigenvalue weighted by atomic mass is 35.5. The third kappa shape index (κ3) is 3.93. The molecule has 0 aromatic heterocycles. The smallest absolute Gasteiger partial charge is 0.325 e. The Labute approximate surface area is 160 Å². The third-order valence-electron chi connectivity index (χ3n) is 4.40. The minimum absolute atomic E-state index is 0.245. The molecule has 0 saturated carbocycles. The number of halogens is 2. The minimum atomic E-state index is -1.35. The van der Waals surface area contributed by atoms with Gasteiger partial charge in [0.15, 0.2) is 0 Å². The first kappa shape index (κ1) is 18.8. The van der Waals surface area contributed by atoms with Crippen molar-refractivity contribution in [1.29, 1.82) is 0 Å². The van der Waals surface area contributed by atoms with Gasteiger partial charge >= 0.3 is 6.03 Å². The van der Waals surface area contributed by atoms with E-state index >= 15 is 0 Å². The molecule has 1 aliphatic heterocycles. The standard InChI is InChI=1S/C19H17ClFN3O3/c1-19(13-4-8-15(21)9-5-13)17(26)24(18(27)23-19)11-16(25)22-10-12-2-6-14(20)7-3-12/h2-9H,10-11H2,1H3,(H,22,25)(H,23,27). The Balaban J connectivity index is 1.65. The van der Waals surface area contributed by atoms with Crippen molar-refractivity contribution in [2.45, 2.75) is 19.0 Å². The Morgan fingerprint density at radius 1 is 1.15 bits per heavy atom. The molecule has 1 aliphatic rings. The molecule has 2 aromatic carbocycles. The Hall–Kier alpha value is -2.93. The highest BCUT2D eigenvalue weighted by Gasteiger charge is 2.49. The lowest BCUT2D eigenvalue weighted by atomic mass is 9.92. The van der Waals surface area contributed by atoms with E-state index in [-0.39, 0.29) is 6.54 Å². The summed E-state index contributed by atoms with van der Waals surface area (Å²) >= 11 is 5.81. The topological polar surface area (TPSA) is 78.5 Å². The highest BCUT2D eigenvalue weighted by molar-refractivity contribution is 6.30. The molecule has 0 spiro atoms. The van der Waals surface area contributed by atoms with Gasteiger partial charge in [-0.1, -0.05) is 35.9 Å². The van der Waals surface area contributed by atoms with Gasteiger partial charge < -0.3 is 10.6 Å². The molecule has 0 bridgehead atoms. The van der Waals surface area contributed by atoms with E-state index in [9.17, 15) is 18.8 Å². The summed E-state index contributed by atoms with van der Waals surface area (Å²) in [6, 6.07) is 11.5. The second kappa shape index (κ2) is 7.36. The lowest BCUT2D eigenvalue weighted by Gasteiger charge is -2.22. The van der Waals surface area contributed by atoms with Crippen LogP contribution in [0.4, 0.5) is 9.18 Å². The van der Waals surface area contributed by atoms with E-state index in [0.29, 0.717) is 10.6 Å². The molecule has 2 aromatic rings. The van der Waals surface area contributed by atoms with Crippen LogP contribution in [0.15, 0.2) is 48.5 Å². The van der Waals surface area contributed by atoms with Gasteiger partial charge in [0.05, 0.1) is 0 Å². The molecule has 1 fully saturated rings. The summed E-state index contributed by atoms with van der Waals surface area (Å²) in [5.74, 6) is -1.49. The van der Waals surface area contributed by atoms with Gasteiger partial charge in [-0.2, -0.15) is 0 Å². The normalized spacial score (nSPS) is 19.1. The lowest BCUT2D eigenvalue weighted by molar-refractivity contribution is -0.134. The number of nitrogens with one attached hydrogen (secondary N) is 2. The summed E-state index contributed by atoms with van der Waals surface area (Å²) in [5.41, 5.74) is -0.0752. The van der Waals surface area contributed by atoms with E-state index in [2.05, 4.69) is 10.6 Å². The van der Waals surface area contributed by atoms with Gasteiger partial charge in [0.1, 0.15) is 17.9 Å². The van der Waals surface area contributed by atoms with E-state index in [0.717, 1.165) is 10.5 Å². The van der Waals surface area contributed by atoms with Crippen LogP contribution in [-0.4, -0.2) is 29.3 Å². The second-order valence-corrected chi connectivity index (χ2v) is 6.79. The predicted molar refractivity (Wildman–Crippen MR) is 97.3 cm³/mol. The molecular weight excluding hydrogens is 373 g/mol. The molecule has 27 heavy (non-hydrogen) atoms. The maximum Gasteiger partial charge on any atom is 0.325 e. The molecule has 8 heteroatoms. The van der Waals surface area contributed by atoms with Gasteiger partial charge in [0.25, 0.3) is 5.91 Å². The van der Waals surface area contributed by atoms with Gasteiger partial charge in [0, 0.05) is 11.6 Å². The van der Waals surface area contributed by atoms with E-state index in [1.807, 2.05) is 0 Å². The van der Waals surface area contributed by atoms with E-state index in [4.69, 9.17) is 11.6 Å². The van der Waals surface area contributed by atoms with Crippen molar-refractivity contribution in [3.8, 4) is 0 Å². The molecule has 1 unspecified atom stereocenters. The molecule has 0 radical (unpaired) electrons. The Kier molecular flexibility index (Phi) is 5.14. The van der Waals surface area contributed by atoms with Gasteiger partial charge in [-0.05, 0) is 42.3 Å². The maximum absolute atomic E-state index is 13.1. The number of amides is 4. The van der Waals surface area contributed by atoms with Crippen LogP contribution in [0.25, 0.3) is 0 Å². The minimum Gasteiger partial charge on any atom is -0.350 e. The van der Waals surface area contributed by atoms with Crippen molar-refractivity contribution < 1.29 is 18.8 Å². The number of carbonyl (C=O) groups is 3. The summed E-state index contributed by atoms with van der Waals surface area (Å²) in [6.07, 6.45) is 0. The van der Waals surface area contributed by atoms with Crippen LogP contribution >= 0.6 is 11.6 Å². The zero-order valence-corrected chi connectivity index (χ0v) is 15.2. The van der Waals surface area contributed by atoms with Crippen LogP contribution < -0.4 is 10.6 Å². The summed E-state index contributed by atoms with van der Waals surface area (Å²) in [6.45, 7) is 1.36. The average Bonchev–Trinajstić information content (AvgIpc) is 2.86. The van der Waals surface area contributed by atoms with Gasteiger partial charge in [-0.15, -0.1) is 0 Å². The molecule has 1 atom stereocenters. The number of hydrogen-bond donors (Lipinski definition) is 2. The summed E-state index contributed by atoms with van der Waals surface area (Å²) in [4.78, 5) is 37.9.